The van der Waals surface area contributed by atoms with E-state index in [1.165, 1.54) is 31.4 Å². The number of aliphatic hydroxyl groups is 1. The van der Waals surface area contributed by atoms with Crippen molar-refractivity contribution in [3.8, 4) is 5.75 Å². The molecule has 2 atom stereocenters. The van der Waals surface area contributed by atoms with E-state index < -0.39 is 29.4 Å². The summed E-state index contributed by atoms with van der Waals surface area (Å²) in [5.74, 6) is -0.751. The molecule has 0 amide bonds. The maximum Gasteiger partial charge on any atom is 0.207 e. The molecule has 9 nitrogen and oxygen atoms in total. The number of aromatic nitrogens is 1. The number of ketones is 1. The average molecular weight is 440 g/mol. The number of aliphatic hydroxyl groups excluding tert-OH is 1. The minimum Gasteiger partial charge on any atom is -0.497 e. The van der Waals surface area contributed by atoms with E-state index in [0.717, 1.165) is 6.07 Å². The van der Waals surface area contributed by atoms with E-state index in [0.29, 0.717) is 22.8 Å². The number of hydrogen-bond donors (Lipinski definition) is 3. The number of methoxy groups -OCH3 is 1. The van der Waals surface area contributed by atoms with Gasteiger partial charge in [0.25, 0.3) is 0 Å². The molecule has 0 aliphatic heterocycles. The lowest BCUT2D eigenvalue weighted by Crippen LogP contribution is -2.31. The van der Waals surface area contributed by atoms with Gasteiger partial charge in [-0.2, -0.15) is 0 Å². The largest absolute Gasteiger partial charge is 0.497 e. The topological polar surface area (TPSA) is 138 Å². The van der Waals surface area contributed by atoms with Crippen LogP contribution in [0.3, 0.4) is 0 Å². The van der Waals surface area contributed by atoms with E-state index >= 15 is 0 Å². The molecule has 0 bridgehead atoms. The lowest BCUT2D eigenvalue weighted by atomic mass is 9.94. The Bertz CT molecular complexity index is 1120. The fourth-order valence-electron chi connectivity index (χ4n) is 3.17. The van der Waals surface area contributed by atoms with Crippen molar-refractivity contribution < 1.29 is 23.6 Å². The molecule has 0 fully saturated rings. The molecule has 166 valence electrons. The highest BCUT2D eigenvalue weighted by Crippen LogP contribution is 2.29. The highest BCUT2D eigenvalue weighted by Gasteiger charge is 2.34. The van der Waals surface area contributed by atoms with Gasteiger partial charge in [0.1, 0.15) is 34.8 Å². The summed E-state index contributed by atoms with van der Waals surface area (Å²) >= 11 is 0. The molecular weight excluding hydrogens is 419 g/mol. The number of ether oxygens (including phenoxy) is 1. The first-order valence-electron chi connectivity index (χ1n) is 9.56. The summed E-state index contributed by atoms with van der Waals surface area (Å²) in [6.07, 6.45) is 0. The molecule has 1 heterocycles. The van der Waals surface area contributed by atoms with Gasteiger partial charge in [-0.1, -0.05) is 28.5 Å². The number of Topliss-reactive ketones (excluding diaryl/α,β-unsaturated/α-hetero) is 1. The van der Waals surface area contributed by atoms with E-state index in [9.17, 15) is 19.2 Å². The third-order valence-electron chi connectivity index (χ3n) is 4.74. The molecule has 2 unspecified atom stereocenters. The summed E-state index contributed by atoms with van der Waals surface area (Å²) in [4.78, 5) is 24.8. The third-order valence-corrected chi connectivity index (χ3v) is 4.74. The quantitative estimate of drug-likeness (QED) is 0.321. The molecule has 0 aliphatic carbocycles. The van der Waals surface area contributed by atoms with Crippen molar-refractivity contribution in [2.75, 3.05) is 12.4 Å². The van der Waals surface area contributed by atoms with Crippen LogP contribution in [0.5, 0.6) is 5.75 Å². The Hall–Kier alpha value is -3.92. The van der Waals surface area contributed by atoms with Gasteiger partial charge in [0.15, 0.2) is 6.04 Å². The number of nitroso groups, excluding NO2 is 1. The Morgan fingerprint density at radius 2 is 2.06 bits per heavy atom. The third kappa shape index (κ3) is 4.86. The molecule has 3 rings (SSSR count). The second-order valence-corrected chi connectivity index (χ2v) is 6.98. The Balaban J connectivity index is 1.99. The van der Waals surface area contributed by atoms with E-state index in [-0.39, 0.29) is 17.9 Å². The Kier molecular flexibility index (Phi) is 7.06. The van der Waals surface area contributed by atoms with Crippen molar-refractivity contribution in [1.29, 1.82) is 5.41 Å². The predicted molar refractivity (Wildman–Crippen MR) is 114 cm³/mol. The highest BCUT2D eigenvalue weighted by atomic mass is 19.1. The number of aryl methyl sites for hydroxylation is 1. The monoisotopic (exact) mass is 440 g/mol. The molecule has 0 aliphatic rings. The van der Waals surface area contributed by atoms with Crippen LogP contribution in [0, 0.1) is 23.1 Å². The van der Waals surface area contributed by atoms with Gasteiger partial charge in [-0.15, -0.1) is 4.91 Å². The molecule has 3 N–H and O–H groups in total. The van der Waals surface area contributed by atoms with Crippen LogP contribution < -0.4 is 10.1 Å². The summed E-state index contributed by atoms with van der Waals surface area (Å²) in [6.45, 7) is 1.36. The molecule has 32 heavy (non-hydrogen) atoms. The number of hydrogen-bond acceptors (Lipinski definition) is 9. The second kappa shape index (κ2) is 9.92. The highest BCUT2D eigenvalue weighted by molar-refractivity contribution is 6.42. The number of rotatable bonds is 10. The minimum absolute atomic E-state index is 0.156. The first kappa shape index (κ1) is 22.8. The number of nitrogens with zero attached hydrogens (tertiary/aromatic N) is 2. The molecule has 0 radical (unpaired) electrons. The van der Waals surface area contributed by atoms with Gasteiger partial charge in [-0.3, -0.25) is 10.2 Å². The molecule has 0 saturated carbocycles. The number of benzene rings is 2. The average Bonchev–Trinajstić information content (AvgIpc) is 3.24. The van der Waals surface area contributed by atoms with Crippen molar-refractivity contribution in [3.63, 3.8) is 0 Å². The lowest BCUT2D eigenvalue weighted by molar-refractivity contribution is -0.114. The fourth-order valence-corrected chi connectivity index (χ4v) is 3.17. The van der Waals surface area contributed by atoms with Crippen LogP contribution in [0.4, 0.5) is 10.1 Å². The van der Waals surface area contributed by atoms with Crippen LogP contribution in [0.25, 0.3) is 0 Å². The summed E-state index contributed by atoms with van der Waals surface area (Å²) in [5, 5.41) is 27.4. The van der Waals surface area contributed by atoms with Gasteiger partial charge in [0, 0.05) is 23.4 Å². The summed E-state index contributed by atoms with van der Waals surface area (Å²) in [5.41, 5.74) is 0.169. The summed E-state index contributed by atoms with van der Waals surface area (Å²) in [7, 11) is 1.45. The zero-order valence-electron chi connectivity index (χ0n) is 17.3. The predicted octanol–water partition coefficient (Wildman–Crippen LogP) is 3.87. The Morgan fingerprint density at radius 3 is 2.66 bits per heavy atom. The zero-order chi connectivity index (χ0) is 23.3. The van der Waals surface area contributed by atoms with E-state index in [4.69, 9.17) is 14.7 Å². The van der Waals surface area contributed by atoms with Gasteiger partial charge in [-0.25, -0.2) is 4.39 Å². The van der Waals surface area contributed by atoms with Crippen LogP contribution in [0.15, 0.2) is 58.2 Å². The number of carbonyl (C=O) groups excluding carboxylic acids is 1. The minimum atomic E-state index is -1.64. The van der Waals surface area contributed by atoms with Crippen LogP contribution in [0.2, 0.25) is 0 Å². The molecule has 3 aromatic rings. The maximum atomic E-state index is 14.2. The molecule has 2 aromatic carbocycles. The maximum absolute atomic E-state index is 14.2. The normalized spacial score (nSPS) is 12.6. The molecular formula is C22H21FN4O5. The Morgan fingerprint density at radius 1 is 1.31 bits per heavy atom. The fraction of sp³-hybridized carbons (Fsp3) is 0.227. The van der Waals surface area contributed by atoms with E-state index in [1.807, 2.05) is 0 Å². The van der Waals surface area contributed by atoms with Gasteiger partial charge in [0.2, 0.25) is 5.78 Å². The van der Waals surface area contributed by atoms with Gasteiger partial charge in [0.05, 0.1) is 13.7 Å². The number of nitrogens with one attached hydrogen (secondary N) is 2. The van der Waals surface area contributed by atoms with Crippen molar-refractivity contribution in [3.05, 3.63) is 81.8 Å². The van der Waals surface area contributed by atoms with E-state index in [1.54, 1.807) is 25.1 Å². The summed E-state index contributed by atoms with van der Waals surface area (Å²) < 4.78 is 24.5. The number of anilines is 1. The lowest BCUT2D eigenvalue weighted by Gasteiger charge is -2.20. The smallest absolute Gasteiger partial charge is 0.207 e. The van der Waals surface area contributed by atoms with Gasteiger partial charge >= 0.3 is 0 Å². The number of carbonyl (C=O) groups is 1. The van der Waals surface area contributed by atoms with Crippen molar-refractivity contribution in [2.45, 2.75) is 25.6 Å². The Labute approximate surface area is 182 Å². The SMILES string of the molecule is COc1cc(CO)cc(NC(C(=O)C(=N)C(N=O)c2ccccc2F)c2cc(C)on2)c1. The first-order chi connectivity index (χ1) is 15.4. The van der Waals surface area contributed by atoms with Crippen LogP contribution in [-0.2, 0) is 11.4 Å². The summed E-state index contributed by atoms with van der Waals surface area (Å²) in [6, 6.07) is 8.74. The van der Waals surface area contributed by atoms with Crippen LogP contribution >= 0.6 is 0 Å². The molecule has 1 aromatic heterocycles. The van der Waals surface area contributed by atoms with Gasteiger partial charge in [-0.05, 0) is 30.7 Å². The molecule has 10 heteroatoms. The van der Waals surface area contributed by atoms with Gasteiger partial charge < -0.3 is 19.7 Å². The second-order valence-electron chi connectivity index (χ2n) is 6.98. The zero-order valence-corrected chi connectivity index (χ0v) is 17.3. The van der Waals surface area contributed by atoms with Crippen LogP contribution in [0.1, 0.15) is 34.7 Å². The van der Waals surface area contributed by atoms with Crippen molar-refractivity contribution in [1.82, 2.24) is 5.16 Å². The van der Waals surface area contributed by atoms with E-state index in [2.05, 4.69) is 15.7 Å². The number of halogens is 1. The standard InChI is InChI=1S/C22H21FN4O5/c1-12-7-18(27-32-12)21(25-14-8-13(11-28)9-15(10-14)31-2)22(29)19(24)20(26-30)16-5-3-4-6-17(16)23/h3-10,20-21,24-25,28H,11H2,1-2H3. The molecule has 0 spiro atoms. The first-order valence-corrected chi connectivity index (χ1v) is 9.56. The van der Waals surface area contributed by atoms with Crippen LogP contribution in [-0.4, -0.2) is 28.9 Å². The molecule has 0 saturated heterocycles. The van der Waals surface area contributed by atoms with Crippen molar-refractivity contribution in [2.24, 2.45) is 5.18 Å². The van der Waals surface area contributed by atoms with Crippen molar-refractivity contribution >= 4 is 17.2 Å².